The number of rotatable bonds is 5. The second-order valence-corrected chi connectivity index (χ2v) is 7.96. The summed E-state index contributed by atoms with van der Waals surface area (Å²) in [6.45, 7) is 1.33. The van der Waals surface area contributed by atoms with E-state index in [0.717, 1.165) is 12.0 Å². The van der Waals surface area contributed by atoms with Crippen molar-refractivity contribution >= 4 is 29.2 Å². The Morgan fingerprint density at radius 3 is 2.68 bits per heavy atom. The molecule has 1 aliphatic rings. The second kappa shape index (κ2) is 9.31. The largest absolute Gasteiger partial charge is 0.338 e. The lowest BCUT2D eigenvalue weighted by Gasteiger charge is -2.32. The summed E-state index contributed by atoms with van der Waals surface area (Å²) in [6.07, 6.45) is 3.04. The third kappa shape index (κ3) is 4.94. The van der Waals surface area contributed by atoms with Gasteiger partial charge in [0.2, 0.25) is 5.91 Å². The van der Waals surface area contributed by atoms with Gasteiger partial charge in [0, 0.05) is 29.7 Å². The van der Waals surface area contributed by atoms with Gasteiger partial charge >= 0.3 is 0 Å². The Morgan fingerprint density at radius 2 is 1.90 bits per heavy atom. The molecule has 160 valence electrons. The molecule has 8 heteroatoms. The van der Waals surface area contributed by atoms with Crippen molar-refractivity contribution < 1.29 is 14.0 Å². The number of carbonyl (C=O) groups is 2. The molecule has 0 bridgehead atoms. The maximum Gasteiger partial charge on any atom is 0.253 e. The van der Waals surface area contributed by atoms with Crippen molar-refractivity contribution in [2.24, 2.45) is 5.92 Å². The number of anilines is 1. The Kier molecular flexibility index (Phi) is 6.32. The number of hydrogen-bond donors (Lipinski definition) is 1. The molecule has 2 aromatic carbocycles. The molecule has 1 aromatic heterocycles. The lowest BCUT2D eigenvalue weighted by molar-refractivity contribution is -0.121. The van der Waals surface area contributed by atoms with Crippen LogP contribution in [-0.2, 0) is 11.3 Å². The lowest BCUT2D eigenvalue weighted by atomic mass is 9.96. The number of nitrogens with one attached hydrogen (secondary N) is 1. The van der Waals surface area contributed by atoms with Crippen LogP contribution in [0.4, 0.5) is 10.2 Å². The quantitative estimate of drug-likeness (QED) is 0.646. The lowest BCUT2D eigenvalue weighted by Crippen LogP contribution is -2.43. The van der Waals surface area contributed by atoms with E-state index < -0.39 is 0 Å². The van der Waals surface area contributed by atoms with Crippen LogP contribution in [0.5, 0.6) is 0 Å². The summed E-state index contributed by atoms with van der Waals surface area (Å²) in [5.41, 5.74) is 1.32. The Hall–Kier alpha value is -3.19. The van der Waals surface area contributed by atoms with E-state index in [1.165, 1.54) is 24.3 Å². The summed E-state index contributed by atoms with van der Waals surface area (Å²) in [7, 11) is 0. The highest BCUT2D eigenvalue weighted by molar-refractivity contribution is 6.31. The molecule has 1 aliphatic heterocycles. The van der Waals surface area contributed by atoms with Gasteiger partial charge in [-0.05, 0) is 48.7 Å². The van der Waals surface area contributed by atoms with Gasteiger partial charge in [-0.25, -0.2) is 9.07 Å². The van der Waals surface area contributed by atoms with Crippen LogP contribution in [0, 0.1) is 11.7 Å². The van der Waals surface area contributed by atoms with Crippen LogP contribution in [0.3, 0.4) is 0 Å². The maximum atomic E-state index is 13.1. The molecule has 6 nitrogen and oxygen atoms in total. The smallest absolute Gasteiger partial charge is 0.253 e. The summed E-state index contributed by atoms with van der Waals surface area (Å²) >= 11 is 6.24. The number of amides is 2. The average molecular weight is 441 g/mol. The SMILES string of the molecule is O=C(Nc1ccnn1Cc1ccccc1Cl)C1CCCN(C(=O)c2ccc(F)cc2)C1. The Labute approximate surface area is 184 Å². The van der Waals surface area contributed by atoms with E-state index in [1.54, 1.807) is 21.8 Å². The molecule has 3 aromatic rings. The number of nitrogens with zero attached hydrogens (tertiary/aromatic N) is 3. The first-order chi connectivity index (χ1) is 15.0. The first kappa shape index (κ1) is 21.1. The number of likely N-dealkylation sites (tertiary alicyclic amines) is 1. The Balaban J connectivity index is 1.41. The van der Waals surface area contributed by atoms with Crippen molar-refractivity contribution in [2.75, 3.05) is 18.4 Å². The molecule has 1 N–H and O–H groups in total. The molecule has 0 aliphatic carbocycles. The zero-order valence-corrected chi connectivity index (χ0v) is 17.6. The summed E-state index contributed by atoms with van der Waals surface area (Å²) in [4.78, 5) is 27.3. The van der Waals surface area contributed by atoms with Gasteiger partial charge in [0.05, 0.1) is 18.7 Å². The van der Waals surface area contributed by atoms with Crippen LogP contribution in [0.1, 0.15) is 28.8 Å². The van der Waals surface area contributed by atoms with Crippen LogP contribution in [0.2, 0.25) is 5.02 Å². The summed E-state index contributed by atoms with van der Waals surface area (Å²) in [6, 6.07) is 14.7. The molecule has 2 heterocycles. The molecular formula is C23H22ClFN4O2. The summed E-state index contributed by atoms with van der Waals surface area (Å²) in [5, 5.41) is 7.86. The molecule has 0 radical (unpaired) electrons. The first-order valence-electron chi connectivity index (χ1n) is 10.1. The van der Waals surface area contributed by atoms with Crippen molar-refractivity contribution in [3.63, 3.8) is 0 Å². The van der Waals surface area contributed by atoms with Gasteiger partial charge in [-0.2, -0.15) is 5.10 Å². The van der Waals surface area contributed by atoms with E-state index in [-0.39, 0.29) is 23.5 Å². The monoisotopic (exact) mass is 440 g/mol. The number of halogens is 2. The maximum absolute atomic E-state index is 13.1. The molecule has 4 rings (SSSR count). The zero-order valence-electron chi connectivity index (χ0n) is 16.8. The van der Waals surface area contributed by atoms with Crippen LogP contribution < -0.4 is 5.32 Å². The van der Waals surface area contributed by atoms with E-state index in [0.29, 0.717) is 42.5 Å². The molecule has 1 fully saturated rings. The van der Waals surface area contributed by atoms with Crippen LogP contribution >= 0.6 is 11.6 Å². The number of aromatic nitrogens is 2. The summed E-state index contributed by atoms with van der Waals surface area (Å²) in [5.74, 6) is -0.492. The van der Waals surface area contributed by atoms with E-state index in [1.807, 2.05) is 24.3 Å². The Bertz CT molecular complexity index is 1080. The highest BCUT2D eigenvalue weighted by atomic mass is 35.5. The van der Waals surface area contributed by atoms with Gasteiger partial charge in [-0.3, -0.25) is 9.59 Å². The van der Waals surface area contributed by atoms with Gasteiger partial charge in [0.1, 0.15) is 11.6 Å². The fourth-order valence-corrected chi connectivity index (χ4v) is 3.93. The third-order valence-electron chi connectivity index (χ3n) is 5.42. The van der Waals surface area contributed by atoms with Crippen LogP contribution in [-0.4, -0.2) is 39.6 Å². The summed E-state index contributed by atoms with van der Waals surface area (Å²) < 4.78 is 14.8. The number of benzene rings is 2. The van der Waals surface area contributed by atoms with E-state index in [4.69, 9.17) is 11.6 Å². The van der Waals surface area contributed by atoms with Crippen LogP contribution in [0.15, 0.2) is 60.8 Å². The van der Waals surface area contributed by atoms with Gasteiger partial charge in [0.25, 0.3) is 5.91 Å². The average Bonchev–Trinajstić information content (AvgIpc) is 3.22. The van der Waals surface area contributed by atoms with E-state index >= 15 is 0 Å². The fourth-order valence-electron chi connectivity index (χ4n) is 3.73. The number of piperidine rings is 1. The van der Waals surface area contributed by atoms with Gasteiger partial charge in [-0.15, -0.1) is 0 Å². The minimum absolute atomic E-state index is 0.155. The van der Waals surface area contributed by atoms with Crippen LogP contribution in [0.25, 0.3) is 0 Å². The highest BCUT2D eigenvalue weighted by Crippen LogP contribution is 2.22. The van der Waals surface area contributed by atoms with Gasteiger partial charge < -0.3 is 10.2 Å². The highest BCUT2D eigenvalue weighted by Gasteiger charge is 2.29. The Morgan fingerprint density at radius 1 is 1.13 bits per heavy atom. The van der Waals surface area contributed by atoms with E-state index in [9.17, 15) is 14.0 Å². The predicted molar refractivity (Wildman–Crippen MR) is 116 cm³/mol. The second-order valence-electron chi connectivity index (χ2n) is 7.55. The topological polar surface area (TPSA) is 67.2 Å². The fraction of sp³-hybridized carbons (Fsp3) is 0.261. The van der Waals surface area contributed by atoms with Gasteiger partial charge in [-0.1, -0.05) is 29.8 Å². The van der Waals surface area contributed by atoms with Crippen molar-refractivity contribution in [3.05, 3.63) is 82.8 Å². The molecule has 1 saturated heterocycles. The molecule has 0 spiro atoms. The standard InChI is InChI=1S/C23H22ClFN4O2/c24-20-6-2-1-4-17(20)15-29-21(11-12-26-29)27-22(30)18-5-3-13-28(14-18)23(31)16-7-9-19(25)10-8-16/h1-2,4,6-12,18H,3,5,13-15H2,(H,27,30). The van der Waals surface area contributed by atoms with Crippen molar-refractivity contribution in [2.45, 2.75) is 19.4 Å². The predicted octanol–water partition coefficient (Wildman–Crippen LogP) is 4.21. The van der Waals surface area contributed by atoms with Crippen molar-refractivity contribution in [1.82, 2.24) is 14.7 Å². The molecule has 2 amide bonds. The van der Waals surface area contributed by atoms with Crippen molar-refractivity contribution in [3.8, 4) is 0 Å². The molecule has 1 unspecified atom stereocenters. The van der Waals surface area contributed by atoms with E-state index in [2.05, 4.69) is 10.4 Å². The van der Waals surface area contributed by atoms with Gasteiger partial charge in [0.15, 0.2) is 0 Å². The number of carbonyl (C=O) groups excluding carboxylic acids is 2. The van der Waals surface area contributed by atoms with Crippen molar-refractivity contribution in [1.29, 1.82) is 0 Å². The third-order valence-corrected chi connectivity index (χ3v) is 5.79. The molecular weight excluding hydrogens is 419 g/mol. The number of hydrogen-bond acceptors (Lipinski definition) is 3. The molecule has 0 saturated carbocycles. The molecule has 31 heavy (non-hydrogen) atoms. The zero-order chi connectivity index (χ0) is 21.8. The minimum Gasteiger partial charge on any atom is -0.338 e. The first-order valence-corrected chi connectivity index (χ1v) is 10.5. The minimum atomic E-state index is -0.388. The molecule has 1 atom stereocenters. The normalized spacial score (nSPS) is 16.2.